The van der Waals surface area contributed by atoms with Crippen molar-refractivity contribution in [1.82, 2.24) is 0 Å². The van der Waals surface area contributed by atoms with E-state index in [4.69, 9.17) is 11.6 Å². The summed E-state index contributed by atoms with van der Waals surface area (Å²) >= 11 is 5.97. The molecule has 124 valence electrons. The third-order valence-corrected chi connectivity index (χ3v) is 4.27. The van der Waals surface area contributed by atoms with Gasteiger partial charge in [0.05, 0.1) is 6.54 Å². The average molecular weight is 345 g/mol. The number of carbonyl (C=O) groups is 1. The van der Waals surface area contributed by atoms with E-state index in [1.165, 1.54) is 24.3 Å². The number of ketones is 1. The Morgan fingerprint density at radius 2 is 1.79 bits per heavy atom. The first kappa shape index (κ1) is 16.7. The Labute approximate surface area is 145 Å². The van der Waals surface area contributed by atoms with Crippen LogP contribution in [0.5, 0.6) is 0 Å². The SMILES string of the molecule is O=C(CN(C1=NCCCC1)c1ccc(Cl)cc1)c1ccc(F)cc1. The quantitative estimate of drug-likeness (QED) is 0.750. The Balaban J connectivity index is 1.86. The number of rotatable bonds is 4. The first-order valence-corrected chi connectivity index (χ1v) is 8.36. The summed E-state index contributed by atoms with van der Waals surface area (Å²) in [7, 11) is 0. The molecule has 3 nitrogen and oxygen atoms in total. The number of benzene rings is 2. The van der Waals surface area contributed by atoms with Crippen molar-refractivity contribution in [2.24, 2.45) is 4.99 Å². The van der Waals surface area contributed by atoms with Gasteiger partial charge in [0.25, 0.3) is 0 Å². The molecule has 0 aromatic heterocycles. The molecule has 5 heteroatoms. The van der Waals surface area contributed by atoms with Crippen LogP contribution in [0.3, 0.4) is 0 Å². The number of nitrogens with zero attached hydrogens (tertiary/aromatic N) is 2. The number of anilines is 1. The standard InChI is InChI=1S/C19H18ClFN2O/c20-15-6-10-17(11-7-15)23(19-3-1-2-12-22-19)13-18(24)14-4-8-16(21)9-5-14/h4-11H,1-3,12-13H2. The van der Waals surface area contributed by atoms with Crippen LogP contribution in [-0.2, 0) is 0 Å². The molecule has 0 fully saturated rings. The lowest BCUT2D eigenvalue weighted by Crippen LogP contribution is -2.37. The first-order valence-electron chi connectivity index (χ1n) is 7.99. The lowest BCUT2D eigenvalue weighted by Gasteiger charge is -2.28. The van der Waals surface area contributed by atoms with E-state index < -0.39 is 0 Å². The van der Waals surface area contributed by atoms with Gasteiger partial charge >= 0.3 is 0 Å². The normalized spacial score (nSPS) is 14.2. The lowest BCUT2D eigenvalue weighted by atomic mass is 10.1. The number of hydrogen-bond acceptors (Lipinski definition) is 3. The van der Waals surface area contributed by atoms with Crippen molar-refractivity contribution in [3.05, 3.63) is 64.9 Å². The van der Waals surface area contributed by atoms with E-state index in [0.717, 1.165) is 37.3 Å². The molecule has 1 aliphatic rings. The zero-order valence-electron chi connectivity index (χ0n) is 13.2. The molecule has 2 aromatic carbocycles. The van der Waals surface area contributed by atoms with Crippen LogP contribution in [-0.4, -0.2) is 24.7 Å². The van der Waals surface area contributed by atoms with Crippen molar-refractivity contribution >= 4 is 28.9 Å². The Bertz CT molecular complexity index is 741. The highest BCUT2D eigenvalue weighted by Crippen LogP contribution is 2.22. The predicted molar refractivity (Wildman–Crippen MR) is 95.7 cm³/mol. The zero-order chi connectivity index (χ0) is 16.9. The van der Waals surface area contributed by atoms with Gasteiger partial charge in [-0.1, -0.05) is 11.6 Å². The van der Waals surface area contributed by atoms with Gasteiger partial charge in [-0.3, -0.25) is 9.79 Å². The molecule has 0 atom stereocenters. The van der Waals surface area contributed by atoms with Gasteiger partial charge in [0.1, 0.15) is 11.7 Å². The summed E-state index contributed by atoms with van der Waals surface area (Å²) in [5.41, 5.74) is 1.38. The lowest BCUT2D eigenvalue weighted by molar-refractivity contribution is 0.100. The summed E-state index contributed by atoms with van der Waals surface area (Å²) in [4.78, 5) is 19.1. The summed E-state index contributed by atoms with van der Waals surface area (Å²) in [6.07, 6.45) is 2.98. The summed E-state index contributed by atoms with van der Waals surface area (Å²) in [5, 5.41) is 0.647. The number of aliphatic imine (C=N–C) groups is 1. The molecule has 0 radical (unpaired) electrons. The van der Waals surface area contributed by atoms with Crippen LogP contribution in [0.15, 0.2) is 53.5 Å². The summed E-state index contributed by atoms with van der Waals surface area (Å²) in [6.45, 7) is 0.955. The smallest absolute Gasteiger partial charge is 0.182 e. The van der Waals surface area contributed by atoms with Crippen LogP contribution in [0.25, 0.3) is 0 Å². The van der Waals surface area contributed by atoms with E-state index in [1.807, 2.05) is 17.0 Å². The van der Waals surface area contributed by atoms with Gasteiger partial charge in [0.2, 0.25) is 0 Å². The Morgan fingerprint density at radius 3 is 2.42 bits per heavy atom. The minimum absolute atomic E-state index is 0.0711. The second kappa shape index (κ2) is 7.58. The van der Waals surface area contributed by atoms with Crippen LogP contribution in [0.1, 0.15) is 29.6 Å². The number of halogens is 2. The monoisotopic (exact) mass is 344 g/mol. The maximum absolute atomic E-state index is 13.1. The molecule has 3 rings (SSSR count). The molecule has 2 aromatic rings. The van der Waals surface area contributed by atoms with E-state index >= 15 is 0 Å². The van der Waals surface area contributed by atoms with Gasteiger partial charge in [-0.05, 0) is 61.4 Å². The van der Waals surface area contributed by atoms with Crippen molar-refractivity contribution in [3.8, 4) is 0 Å². The largest absolute Gasteiger partial charge is 0.322 e. The predicted octanol–water partition coefficient (Wildman–Crippen LogP) is 4.75. The van der Waals surface area contributed by atoms with Gasteiger partial charge in [-0.2, -0.15) is 0 Å². The molecule has 1 aliphatic heterocycles. The van der Waals surface area contributed by atoms with E-state index in [0.29, 0.717) is 10.6 Å². The molecule has 0 unspecified atom stereocenters. The molecule has 0 bridgehead atoms. The molecule has 0 saturated carbocycles. The third-order valence-electron chi connectivity index (χ3n) is 4.02. The van der Waals surface area contributed by atoms with Crippen molar-refractivity contribution in [2.75, 3.05) is 18.0 Å². The van der Waals surface area contributed by atoms with E-state index in [1.54, 1.807) is 12.1 Å². The van der Waals surface area contributed by atoms with Gasteiger partial charge in [-0.25, -0.2) is 4.39 Å². The maximum Gasteiger partial charge on any atom is 0.182 e. The summed E-state index contributed by atoms with van der Waals surface area (Å²) in [5.74, 6) is 0.495. The average Bonchev–Trinajstić information content (AvgIpc) is 2.62. The third kappa shape index (κ3) is 4.01. The Morgan fingerprint density at radius 1 is 1.08 bits per heavy atom. The van der Waals surface area contributed by atoms with Crippen LogP contribution < -0.4 is 4.90 Å². The Kier molecular flexibility index (Phi) is 5.26. The van der Waals surface area contributed by atoms with Crippen LogP contribution in [0.4, 0.5) is 10.1 Å². The number of carbonyl (C=O) groups excluding carboxylic acids is 1. The molecule has 0 N–H and O–H groups in total. The van der Waals surface area contributed by atoms with Crippen molar-refractivity contribution in [1.29, 1.82) is 0 Å². The molecule has 0 aliphatic carbocycles. The minimum atomic E-state index is -0.349. The highest BCUT2D eigenvalue weighted by Gasteiger charge is 2.20. The van der Waals surface area contributed by atoms with Crippen molar-refractivity contribution in [3.63, 3.8) is 0 Å². The second-order valence-corrected chi connectivity index (χ2v) is 6.18. The topological polar surface area (TPSA) is 32.7 Å². The van der Waals surface area contributed by atoms with E-state index in [2.05, 4.69) is 4.99 Å². The molecular formula is C19H18ClFN2O. The molecule has 0 saturated heterocycles. The highest BCUT2D eigenvalue weighted by molar-refractivity contribution is 6.30. The van der Waals surface area contributed by atoms with Crippen LogP contribution in [0.2, 0.25) is 5.02 Å². The first-order chi connectivity index (χ1) is 11.6. The molecule has 1 heterocycles. The molecular weight excluding hydrogens is 327 g/mol. The Hall–Kier alpha value is -2.20. The second-order valence-electron chi connectivity index (χ2n) is 5.75. The minimum Gasteiger partial charge on any atom is -0.322 e. The number of hydrogen-bond donors (Lipinski definition) is 0. The van der Waals surface area contributed by atoms with Crippen LogP contribution >= 0.6 is 11.6 Å². The van der Waals surface area contributed by atoms with Gasteiger partial charge < -0.3 is 4.90 Å². The van der Waals surface area contributed by atoms with Crippen molar-refractivity contribution < 1.29 is 9.18 Å². The maximum atomic E-state index is 13.1. The fourth-order valence-electron chi connectivity index (χ4n) is 2.73. The zero-order valence-corrected chi connectivity index (χ0v) is 14.0. The molecule has 24 heavy (non-hydrogen) atoms. The van der Waals surface area contributed by atoms with Gasteiger partial charge in [0, 0.05) is 29.2 Å². The van der Waals surface area contributed by atoms with Gasteiger partial charge in [-0.15, -0.1) is 0 Å². The fourth-order valence-corrected chi connectivity index (χ4v) is 2.85. The fraction of sp³-hybridized carbons (Fsp3) is 0.263. The molecule has 0 spiro atoms. The number of Topliss-reactive ketones (excluding diaryl/α,β-unsaturated/α-hetero) is 1. The van der Waals surface area contributed by atoms with Crippen LogP contribution in [0, 0.1) is 5.82 Å². The van der Waals surface area contributed by atoms with Gasteiger partial charge in [0.15, 0.2) is 5.78 Å². The number of amidine groups is 1. The van der Waals surface area contributed by atoms with Crippen molar-refractivity contribution in [2.45, 2.75) is 19.3 Å². The van der Waals surface area contributed by atoms with E-state index in [-0.39, 0.29) is 18.1 Å². The summed E-state index contributed by atoms with van der Waals surface area (Å²) < 4.78 is 13.1. The summed E-state index contributed by atoms with van der Waals surface area (Å²) in [6, 6.07) is 13.0. The molecule has 0 amide bonds. The van der Waals surface area contributed by atoms with E-state index in [9.17, 15) is 9.18 Å². The highest BCUT2D eigenvalue weighted by atomic mass is 35.5.